The minimum absolute atomic E-state index is 0.907. The molecule has 1 fully saturated rings. The van der Waals surface area contributed by atoms with E-state index in [4.69, 9.17) is 4.74 Å². The molecule has 0 saturated carbocycles. The van der Waals surface area contributed by atoms with Crippen LogP contribution in [0.1, 0.15) is 33.1 Å². The SMILES string of the molecule is C=CN=C(/C(OC)=C(\C)CC)N1CCCC1. The third-order valence-corrected chi connectivity index (χ3v) is 2.94. The number of methoxy groups -OCH3 is 1. The summed E-state index contributed by atoms with van der Waals surface area (Å²) >= 11 is 0. The van der Waals surface area contributed by atoms with Crippen molar-refractivity contribution in [3.8, 4) is 0 Å². The monoisotopic (exact) mass is 222 g/mol. The van der Waals surface area contributed by atoms with Crippen LogP contribution in [0.4, 0.5) is 0 Å². The quantitative estimate of drug-likeness (QED) is 0.415. The smallest absolute Gasteiger partial charge is 0.171 e. The van der Waals surface area contributed by atoms with Gasteiger partial charge in [-0.2, -0.15) is 0 Å². The molecule has 1 heterocycles. The van der Waals surface area contributed by atoms with Gasteiger partial charge in [0.05, 0.1) is 7.11 Å². The van der Waals surface area contributed by atoms with Crippen LogP contribution in [0, 0.1) is 0 Å². The van der Waals surface area contributed by atoms with Crippen LogP contribution >= 0.6 is 0 Å². The summed E-state index contributed by atoms with van der Waals surface area (Å²) in [5.41, 5.74) is 1.23. The minimum Gasteiger partial charge on any atom is -0.493 e. The summed E-state index contributed by atoms with van der Waals surface area (Å²) < 4.78 is 5.49. The summed E-state index contributed by atoms with van der Waals surface area (Å²) in [4.78, 5) is 6.65. The first-order chi connectivity index (χ1) is 7.74. The van der Waals surface area contributed by atoms with Crippen LogP contribution in [0.5, 0.6) is 0 Å². The van der Waals surface area contributed by atoms with Gasteiger partial charge in [0.25, 0.3) is 0 Å². The molecule has 0 unspecified atom stereocenters. The predicted octanol–water partition coefficient (Wildman–Crippen LogP) is 2.95. The molecule has 1 aliphatic rings. The first-order valence-corrected chi connectivity index (χ1v) is 5.92. The predicted molar refractivity (Wildman–Crippen MR) is 68.4 cm³/mol. The van der Waals surface area contributed by atoms with Crippen molar-refractivity contribution in [2.24, 2.45) is 4.99 Å². The number of likely N-dealkylation sites (tertiary alicyclic amines) is 1. The van der Waals surface area contributed by atoms with Crippen molar-refractivity contribution in [3.63, 3.8) is 0 Å². The zero-order valence-corrected chi connectivity index (χ0v) is 10.6. The molecule has 0 aliphatic carbocycles. The molecule has 0 spiro atoms. The number of ether oxygens (including phenoxy) is 1. The van der Waals surface area contributed by atoms with Crippen LogP contribution in [-0.2, 0) is 4.74 Å². The van der Waals surface area contributed by atoms with Crippen LogP contribution in [0.25, 0.3) is 0 Å². The molecule has 1 saturated heterocycles. The van der Waals surface area contributed by atoms with Crippen LogP contribution in [0.15, 0.2) is 29.1 Å². The third kappa shape index (κ3) is 2.87. The highest BCUT2D eigenvalue weighted by Crippen LogP contribution is 2.18. The number of hydrogen-bond acceptors (Lipinski definition) is 2. The molecule has 3 nitrogen and oxygen atoms in total. The number of amidine groups is 1. The zero-order chi connectivity index (χ0) is 12.0. The van der Waals surface area contributed by atoms with E-state index in [1.807, 2.05) is 0 Å². The Hall–Kier alpha value is -1.25. The topological polar surface area (TPSA) is 24.8 Å². The Kier molecular flexibility index (Phi) is 5.09. The average Bonchev–Trinajstić information content (AvgIpc) is 2.81. The van der Waals surface area contributed by atoms with Crippen molar-refractivity contribution in [1.82, 2.24) is 4.90 Å². The Morgan fingerprint density at radius 2 is 2.06 bits per heavy atom. The van der Waals surface area contributed by atoms with Crippen LogP contribution in [-0.4, -0.2) is 30.9 Å². The molecule has 0 bridgehead atoms. The second-order valence-corrected chi connectivity index (χ2v) is 4.00. The van der Waals surface area contributed by atoms with Gasteiger partial charge < -0.3 is 9.64 Å². The van der Waals surface area contributed by atoms with Gasteiger partial charge in [-0.05, 0) is 31.8 Å². The second-order valence-electron chi connectivity index (χ2n) is 4.00. The molecule has 3 heteroatoms. The molecule has 16 heavy (non-hydrogen) atoms. The fraction of sp³-hybridized carbons (Fsp3) is 0.615. The van der Waals surface area contributed by atoms with E-state index in [2.05, 4.69) is 30.3 Å². The van der Waals surface area contributed by atoms with Crippen LogP contribution < -0.4 is 0 Å². The Balaban J connectivity index is 3.00. The molecule has 1 rings (SSSR count). The molecule has 0 aromatic carbocycles. The van der Waals surface area contributed by atoms with Gasteiger partial charge in [0.2, 0.25) is 0 Å². The fourth-order valence-electron chi connectivity index (χ4n) is 1.92. The van der Waals surface area contributed by atoms with Crippen molar-refractivity contribution < 1.29 is 4.74 Å². The maximum absolute atomic E-state index is 5.49. The summed E-state index contributed by atoms with van der Waals surface area (Å²) in [5.74, 6) is 1.85. The lowest BCUT2D eigenvalue weighted by atomic mass is 10.2. The van der Waals surface area contributed by atoms with E-state index in [0.717, 1.165) is 31.1 Å². The van der Waals surface area contributed by atoms with Gasteiger partial charge >= 0.3 is 0 Å². The number of rotatable bonds is 4. The summed E-state index contributed by atoms with van der Waals surface area (Å²) in [7, 11) is 1.71. The molecule has 0 aromatic rings. The summed E-state index contributed by atoms with van der Waals surface area (Å²) in [5, 5.41) is 0. The Bertz CT molecular complexity index is 299. The third-order valence-electron chi connectivity index (χ3n) is 2.94. The molecule has 0 amide bonds. The first-order valence-electron chi connectivity index (χ1n) is 5.92. The van der Waals surface area contributed by atoms with Gasteiger partial charge in [-0.25, -0.2) is 4.99 Å². The Morgan fingerprint density at radius 1 is 1.44 bits per heavy atom. The largest absolute Gasteiger partial charge is 0.493 e. The van der Waals surface area contributed by atoms with Gasteiger partial charge in [-0.1, -0.05) is 13.5 Å². The number of hydrogen-bond donors (Lipinski definition) is 0. The maximum atomic E-state index is 5.49. The standard InChI is InChI=1S/C13H22N2O/c1-5-11(3)12(16-4)13(14-6-2)15-9-7-8-10-15/h6H,2,5,7-10H2,1,3-4H3/b12-11-,14-13?. The lowest BCUT2D eigenvalue weighted by molar-refractivity contribution is 0.298. The van der Waals surface area contributed by atoms with E-state index in [0.29, 0.717) is 0 Å². The molecular formula is C13H22N2O. The van der Waals surface area contributed by atoms with Crippen molar-refractivity contribution in [2.45, 2.75) is 33.1 Å². The van der Waals surface area contributed by atoms with Crippen LogP contribution in [0.2, 0.25) is 0 Å². The van der Waals surface area contributed by atoms with E-state index in [9.17, 15) is 0 Å². The molecule has 0 atom stereocenters. The lowest BCUT2D eigenvalue weighted by Crippen LogP contribution is -2.30. The number of aliphatic imine (C=N–C) groups is 1. The zero-order valence-electron chi connectivity index (χ0n) is 10.6. The summed E-state index contributed by atoms with van der Waals surface area (Å²) in [6, 6.07) is 0. The highest BCUT2D eigenvalue weighted by molar-refractivity contribution is 5.97. The molecule has 0 radical (unpaired) electrons. The van der Waals surface area contributed by atoms with Gasteiger partial charge in [0, 0.05) is 19.3 Å². The van der Waals surface area contributed by atoms with Gasteiger partial charge in [0.1, 0.15) is 0 Å². The van der Waals surface area contributed by atoms with Gasteiger partial charge in [0.15, 0.2) is 11.6 Å². The van der Waals surface area contributed by atoms with E-state index in [-0.39, 0.29) is 0 Å². The van der Waals surface area contributed by atoms with E-state index >= 15 is 0 Å². The van der Waals surface area contributed by atoms with Crippen LogP contribution in [0.3, 0.4) is 0 Å². The highest BCUT2D eigenvalue weighted by atomic mass is 16.5. The van der Waals surface area contributed by atoms with E-state index in [1.54, 1.807) is 13.3 Å². The number of nitrogens with zero attached hydrogens (tertiary/aromatic N) is 2. The highest BCUT2D eigenvalue weighted by Gasteiger charge is 2.21. The molecule has 0 aromatic heterocycles. The van der Waals surface area contributed by atoms with E-state index in [1.165, 1.54) is 18.4 Å². The molecule has 0 N–H and O–H groups in total. The second kappa shape index (κ2) is 6.36. The van der Waals surface area contributed by atoms with Crippen molar-refractivity contribution in [2.75, 3.05) is 20.2 Å². The minimum atomic E-state index is 0.907. The normalized spacial score (nSPS) is 18.4. The lowest BCUT2D eigenvalue weighted by Gasteiger charge is -2.22. The van der Waals surface area contributed by atoms with Gasteiger partial charge in [-0.15, -0.1) is 0 Å². The van der Waals surface area contributed by atoms with Crippen molar-refractivity contribution >= 4 is 5.84 Å². The van der Waals surface area contributed by atoms with Crippen molar-refractivity contribution in [1.29, 1.82) is 0 Å². The average molecular weight is 222 g/mol. The molecule has 90 valence electrons. The Labute approximate surface area is 98.5 Å². The van der Waals surface area contributed by atoms with E-state index < -0.39 is 0 Å². The Morgan fingerprint density at radius 3 is 2.50 bits per heavy atom. The number of allylic oxidation sites excluding steroid dienone is 1. The maximum Gasteiger partial charge on any atom is 0.171 e. The molecule has 1 aliphatic heterocycles. The summed E-state index contributed by atoms with van der Waals surface area (Å²) in [6.07, 6.45) is 5.04. The van der Waals surface area contributed by atoms with Crippen molar-refractivity contribution in [3.05, 3.63) is 24.1 Å². The molecular weight excluding hydrogens is 200 g/mol. The first kappa shape index (κ1) is 12.8. The summed E-state index contributed by atoms with van der Waals surface area (Å²) in [6.45, 7) is 10.0. The van der Waals surface area contributed by atoms with Gasteiger partial charge in [-0.3, -0.25) is 0 Å². The fourth-order valence-corrected chi connectivity index (χ4v) is 1.92.